The minimum atomic E-state index is -1.26. The van der Waals surface area contributed by atoms with Crippen LogP contribution in [0.15, 0.2) is 36.8 Å². The van der Waals surface area contributed by atoms with Crippen molar-refractivity contribution in [3.05, 3.63) is 36.8 Å². The molecule has 0 aromatic carbocycles. The number of likely N-dealkylation sites (tertiary alicyclic amines) is 1. The van der Waals surface area contributed by atoms with Crippen LogP contribution < -0.4 is 10.2 Å². The zero-order valence-corrected chi connectivity index (χ0v) is 21.7. The van der Waals surface area contributed by atoms with Gasteiger partial charge in [-0.15, -0.1) is 0 Å². The summed E-state index contributed by atoms with van der Waals surface area (Å²) >= 11 is 0. The molecule has 3 aromatic rings. The quantitative estimate of drug-likeness (QED) is 0.568. The average molecular weight is 510 g/mol. The lowest BCUT2D eigenvalue weighted by Crippen LogP contribution is -2.36. The van der Waals surface area contributed by atoms with E-state index in [2.05, 4.69) is 34.1 Å². The van der Waals surface area contributed by atoms with Crippen molar-refractivity contribution in [2.24, 2.45) is 5.41 Å². The number of amides is 2. The van der Waals surface area contributed by atoms with Crippen molar-refractivity contribution in [2.75, 3.05) is 29.9 Å². The van der Waals surface area contributed by atoms with Crippen molar-refractivity contribution in [1.29, 1.82) is 0 Å². The highest BCUT2D eigenvalue weighted by atomic mass is 19.1. The molecule has 2 aliphatic rings. The molecule has 0 unspecified atom stereocenters. The van der Waals surface area contributed by atoms with Gasteiger partial charge in [-0.25, -0.2) is 24.1 Å². The summed E-state index contributed by atoms with van der Waals surface area (Å²) in [6.07, 6.45) is 3.81. The fourth-order valence-electron chi connectivity index (χ4n) is 4.72. The molecule has 2 fully saturated rings. The SMILES string of the molecule is CC1(C)CC(=O)N(c2cn3c(-c4cccc(N[C@H]5CN(C(=O)OC(C)(C)C)C[C@@H]5F)n4)cnc3cn2)C1. The molecule has 5 rings (SSSR count). The molecule has 0 bridgehead atoms. The first kappa shape index (κ1) is 24.9. The fourth-order valence-corrected chi connectivity index (χ4v) is 4.72. The molecular weight excluding hydrogens is 477 g/mol. The zero-order chi connectivity index (χ0) is 26.5. The van der Waals surface area contributed by atoms with Gasteiger partial charge in [0.15, 0.2) is 11.5 Å². The number of rotatable bonds is 4. The first-order valence-corrected chi connectivity index (χ1v) is 12.4. The maximum Gasteiger partial charge on any atom is 0.410 e. The van der Waals surface area contributed by atoms with E-state index >= 15 is 0 Å². The minimum Gasteiger partial charge on any atom is -0.444 e. The summed E-state index contributed by atoms with van der Waals surface area (Å²) in [5, 5.41) is 3.13. The van der Waals surface area contributed by atoms with Crippen LogP contribution in [-0.2, 0) is 9.53 Å². The van der Waals surface area contributed by atoms with Crippen LogP contribution in [0.2, 0.25) is 0 Å². The minimum absolute atomic E-state index is 0.0403. The van der Waals surface area contributed by atoms with E-state index in [1.165, 1.54) is 4.90 Å². The van der Waals surface area contributed by atoms with Gasteiger partial charge >= 0.3 is 6.09 Å². The topological polar surface area (TPSA) is 105 Å². The van der Waals surface area contributed by atoms with Gasteiger partial charge in [0.1, 0.15) is 17.6 Å². The van der Waals surface area contributed by atoms with Crippen LogP contribution in [0.4, 0.5) is 20.8 Å². The Labute approximate surface area is 214 Å². The predicted octanol–water partition coefficient (Wildman–Crippen LogP) is 3.92. The molecule has 2 saturated heterocycles. The van der Waals surface area contributed by atoms with Crippen LogP contribution in [0.5, 0.6) is 0 Å². The molecule has 2 amide bonds. The number of carbonyl (C=O) groups excluding carboxylic acids is 2. The van der Waals surface area contributed by atoms with Gasteiger partial charge < -0.3 is 15.0 Å². The number of halogens is 1. The number of hydrogen-bond acceptors (Lipinski definition) is 7. The molecule has 1 N–H and O–H groups in total. The summed E-state index contributed by atoms with van der Waals surface area (Å²) in [7, 11) is 0. The highest BCUT2D eigenvalue weighted by molar-refractivity contribution is 5.95. The lowest BCUT2D eigenvalue weighted by Gasteiger charge is -2.24. The summed E-state index contributed by atoms with van der Waals surface area (Å²) in [6, 6.07) is 4.81. The molecule has 10 nitrogen and oxygen atoms in total. The predicted molar refractivity (Wildman–Crippen MR) is 137 cm³/mol. The monoisotopic (exact) mass is 509 g/mol. The van der Waals surface area contributed by atoms with Crippen LogP contribution in [0.1, 0.15) is 41.0 Å². The van der Waals surface area contributed by atoms with E-state index < -0.39 is 23.9 Å². The van der Waals surface area contributed by atoms with Gasteiger partial charge in [0.25, 0.3) is 0 Å². The van der Waals surface area contributed by atoms with Crippen molar-refractivity contribution in [1.82, 2.24) is 24.3 Å². The number of nitrogens with one attached hydrogen (secondary N) is 1. The highest BCUT2D eigenvalue weighted by Crippen LogP contribution is 2.33. The van der Waals surface area contributed by atoms with Gasteiger partial charge in [-0.05, 0) is 38.3 Å². The molecule has 196 valence electrons. The lowest BCUT2D eigenvalue weighted by atomic mass is 9.93. The molecule has 5 heterocycles. The van der Waals surface area contributed by atoms with Crippen LogP contribution in [0.3, 0.4) is 0 Å². The third-order valence-electron chi connectivity index (χ3n) is 6.42. The van der Waals surface area contributed by atoms with E-state index in [0.717, 1.165) is 0 Å². The number of hydrogen-bond donors (Lipinski definition) is 1. The molecule has 3 aromatic heterocycles. The largest absolute Gasteiger partial charge is 0.444 e. The third-order valence-corrected chi connectivity index (χ3v) is 6.42. The molecule has 37 heavy (non-hydrogen) atoms. The Morgan fingerprint density at radius 3 is 2.68 bits per heavy atom. The van der Waals surface area contributed by atoms with Crippen LogP contribution >= 0.6 is 0 Å². The summed E-state index contributed by atoms with van der Waals surface area (Å²) < 4.78 is 22.0. The molecule has 0 saturated carbocycles. The highest BCUT2D eigenvalue weighted by Gasteiger charge is 2.38. The van der Waals surface area contributed by atoms with Gasteiger partial charge in [0.2, 0.25) is 5.91 Å². The number of alkyl halides is 1. The Balaban J connectivity index is 1.36. The number of imidazole rings is 1. The standard InChI is InChI=1S/C26H32FN7O3/c1-25(2,3)37-24(36)32-12-16(27)18(13-32)31-20-8-6-7-17(30-20)19-10-28-21-11-29-22(14-33(19)21)34-15-26(4,5)9-23(34)35/h6-8,10-11,14,16,18H,9,12-13,15H2,1-5H3,(H,30,31)/t16-,18-/m0/s1. The van der Waals surface area contributed by atoms with E-state index in [-0.39, 0.29) is 24.4 Å². The number of carbonyl (C=O) groups is 2. The Morgan fingerprint density at radius 1 is 1.19 bits per heavy atom. The number of fused-ring (bicyclic) bond motifs is 1. The molecule has 11 heteroatoms. The molecule has 2 atom stereocenters. The maximum atomic E-state index is 14.8. The first-order chi connectivity index (χ1) is 17.4. The second kappa shape index (κ2) is 8.97. The first-order valence-electron chi connectivity index (χ1n) is 12.4. The van der Waals surface area contributed by atoms with Gasteiger partial charge in [0.05, 0.1) is 42.6 Å². The lowest BCUT2D eigenvalue weighted by molar-refractivity contribution is -0.117. The molecule has 2 aliphatic heterocycles. The van der Waals surface area contributed by atoms with E-state index in [4.69, 9.17) is 4.74 Å². The summed E-state index contributed by atoms with van der Waals surface area (Å²) in [4.78, 5) is 41.6. The zero-order valence-electron chi connectivity index (χ0n) is 21.7. The molecular formula is C26H32FN7O3. The Kier molecular flexibility index (Phi) is 6.04. The van der Waals surface area contributed by atoms with E-state index in [1.807, 2.05) is 16.5 Å². The third kappa shape index (κ3) is 5.21. The Morgan fingerprint density at radius 2 is 1.97 bits per heavy atom. The van der Waals surface area contributed by atoms with E-state index in [9.17, 15) is 14.0 Å². The second-order valence-electron chi connectivity index (χ2n) is 11.5. The maximum absolute atomic E-state index is 14.8. The summed E-state index contributed by atoms with van der Waals surface area (Å²) in [6.45, 7) is 10.2. The Bertz CT molecular complexity index is 1350. The molecule has 0 aliphatic carbocycles. The normalized spacial score (nSPS) is 21.6. The summed E-state index contributed by atoms with van der Waals surface area (Å²) in [5.74, 6) is 1.09. The fraction of sp³-hybridized carbons (Fsp3) is 0.500. The second-order valence-corrected chi connectivity index (χ2v) is 11.5. The van der Waals surface area contributed by atoms with Crippen molar-refractivity contribution in [3.63, 3.8) is 0 Å². The van der Waals surface area contributed by atoms with Crippen molar-refractivity contribution >= 4 is 29.3 Å². The average Bonchev–Trinajstić information content (AvgIpc) is 3.47. The smallest absolute Gasteiger partial charge is 0.410 e. The number of anilines is 2. The molecule has 0 spiro atoms. The van der Waals surface area contributed by atoms with Crippen molar-refractivity contribution < 1.29 is 18.7 Å². The van der Waals surface area contributed by atoms with Crippen LogP contribution in [0, 0.1) is 5.41 Å². The van der Waals surface area contributed by atoms with Crippen LogP contribution in [-0.4, -0.2) is 73.7 Å². The number of nitrogens with zero attached hydrogens (tertiary/aromatic N) is 6. The van der Waals surface area contributed by atoms with E-state index in [0.29, 0.717) is 41.6 Å². The van der Waals surface area contributed by atoms with Crippen LogP contribution in [0.25, 0.3) is 17.0 Å². The van der Waals surface area contributed by atoms with E-state index in [1.54, 1.807) is 50.3 Å². The Hall–Kier alpha value is -3.76. The molecule has 0 radical (unpaired) electrons. The van der Waals surface area contributed by atoms with Gasteiger partial charge in [-0.1, -0.05) is 19.9 Å². The van der Waals surface area contributed by atoms with Crippen molar-refractivity contribution in [2.45, 2.75) is 58.9 Å². The van der Waals surface area contributed by atoms with Gasteiger partial charge in [0, 0.05) is 19.5 Å². The van der Waals surface area contributed by atoms with Gasteiger partial charge in [-0.3, -0.25) is 14.1 Å². The van der Waals surface area contributed by atoms with Crippen molar-refractivity contribution in [3.8, 4) is 11.4 Å². The number of aromatic nitrogens is 4. The summed E-state index contributed by atoms with van der Waals surface area (Å²) in [5.41, 5.74) is 1.21. The number of ether oxygens (including phenoxy) is 1. The number of pyridine rings is 1. The van der Waals surface area contributed by atoms with Gasteiger partial charge in [-0.2, -0.15) is 0 Å².